The Labute approximate surface area is 113 Å². The summed E-state index contributed by atoms with van der Waals surface area (Å²) in [5.41, 5.74) is 0.903. The Bertz CT molecular complexity index is 533. The molecule has 0 N–H and O–H groups in total. The maximum absolute atomic E-state index is 5.77. The van der Waals surface area contributed by atoms with Gasteiger partial charge in [0.1, 0.15) is 0 Å². The fourth-order valence-corrected chi connectivity index (χ4v) is 2.60. The third kappa shape index (κ3) is 2.93. The molecule has 0 unspecified atom stereocenters. The van der Waals surface area contributed by atoms with Gasteiger partial charge in [-0.3, -0.25) is 9.30 Å². The van der Waals surface area contributed by atoms with Crippen LogP contribution < -0.4 is 0 Å². The molecule has 2 aromatic heterocycles. The molecular weight excluding hydrogens is 240 g/mol. The van der Waals surface area contributed by atoms with E-state index in [0.717, 1.165) is 31.2 Å². The average molecular weight is 260 g/mol. The summed E-state index contributed by atoms with van der Waals surface area (Å²) in [7, 11) is 2.11. The molecule has 3 heterocycles. The van der Waals surface area contributed by atoms with Gasteiger partial charge in [-0.15, -0.1) is 10.2 Å². The highest BCUT2D eigenvalue weighted by Gasteiger charge is 2.17. The van der Waals surface area contributed by atoms with Crippen molar-refractivity contribution in [2.75, 3.05) is 20.2 Å². The van der Waals surface area contributed by atoms with Crippen LogP contribution in [0.15, 0.2) is 24.4 Å². The Kier molecular flexibility index (Phi) is 3.75. The van der Waals surface area contributed by atoms with Crippen molar-refractivity contribution in [2.45, 2.75) is 31.9 Å². The molecule has 0 spiro atoms. The van der Waals surface area contributed by atoms with Crippen molar-refractivity contribution in [3.05, 3.63) is 30.2 Å². The van der Waals surface area contributed by atoms with Crippen LogP contribution in [-0.4, -0.2) is 45.8 Å². The lowest BCUT2D eigenvalue weighted by atomic mass is 10.1. The van der Waals surface area contributed by atoms with Gasteiger partial charge in [0.05, 0.1) is 12.6 Å². The van der Waals surface area contributed by atoms with E-state index >= 15 is 0 Å². The minimum atomic E-state index is 0.373. The van der Waals surface area contributed by atoms with Gasteiger partial charge in [-0.25, -0.2) is 0 Å². The summed E-state index contributed by atoms with van der Waals surface area (Å²) >= 11 is 0. The number of aromatic nitrogens is 3. The summed E-state index contributed by atoms with van der Waals surface area (Å²) in [5.74, 6) is 0.980. The number of nitrogens with zero attached hydrogens (tertiary/aromatic N) is 4. The topological polar surface area (TPSA) is 42.7 Å². The van der Waals surface area contributed by atoms with Gasteiger partial charge in [0.2, 0.25) is 0 Å². The van der Waals surface area contributed by atoms with Crippen molar-refractivity contribution in [3.8, 4) is 0 Å². The molecule has 0 bridgehead atoms. The molecule has 1 saturated heterocycles. The highest BCUT2D eigenvalue weighted by molar-refractivity contribution is 5.36. The molecule has 0 radical (unpaired) electrons. The van der Waals surface area contributed by atoms with Crippen LogP contribution in [0.3, 0.4) is 0 Å². The van der Waals surface area contributed by atoms with Crippen molar-refractivity contribution < 1.29 is 4.74 Å². The molecule has 1 atom stereocenters. The van der Waals surface area contributed by atoms with Gasteiger partial charge in [-0.1, -0.05) is 6.07 Å². The van der Waals surface area contributed by atoms with Crippen molar-refractivity contribution in [2.24, 2.45) is 0 Å². The Balaban J connectivity index is 1.63. The smallest absolute Gasteiger partial charge is 0.160 e. The SMILES string of the molecule is CN(Cc1nnc2ccccn12)C[C@H]1CCCCO1. The molecule has 5 nitrogen and oxygen atoms in total. The summed E-state index contributed by atoms with van der Waals surface area (Å²) in [6.45, 7) is 2.67. The van der Waals surface area contributed by atoms with Gasteiger partial charge in [-0.2, -0.15) is 0 Å². The largest absolute Gasteiger partial charge is 0.377 e. The van der Waals surface area contributed by atoms with E-state index in [1.165, 1.54) is 19.3 Å². The summed E-state index contributed by atoms with van der Waals surface area (Å²) in [6.07, 6.45) is 6.04. The van der Waals surface area contributed by atoms with Crippen LogP contribution in [-0.2, 0) is 11.3 Å². The van der Waals surface area contributed by atoms with Crippen LogP contribution in [0.4, 0.5) is 0 Å². The molecule has 3 rings (SSSR count). The Morgan fingerprint density at radius 3 is 3.16 bits per heavy atom. The third-order valence-electron chi connectivity index (χ3n) is 3.58. The van der Waals surface area contributed by atoms with E-state index < -0.39 is 0 Å². The van der Waals surface area contributed by atoms with Gasteiger partial charge in [0.25, 0.3) is 0 Å². The molecule has 102 valence electrons. The fourth-order valence-electron chi connectivity index (χ4n) is 2.60. The second kappa shape index (κ2) is 5.67. The molecule has 19 heavy (non-hydrogen) atoms. The van der Waals surface area contributed by atoms with Crippen LogP contribution in [0.25, 0.3) is 5.65 Å². The summed E-state index contributed by atoms with van der Waals surface area (Å²) < 4.78 is 7.81. The predicted molar refractivity (Wildman–Crippen MR) is 72.9 cm³/mol. The number of hydrogen-bond donors (Lipinski definition) is 0. The second-order valence-corrected chi connectivity index (χ2v) is 5.23. The zero-order valence-electron chi connectivity index (χ0n) is 11.3. The van der Waals surface area contributed by atoms with Crippen molar-refractivity contribution in [1.29, 1.82) is 0 Å². The first-order valence-corrected chi connectivity index (χ1v) is 6.92. The predicted octanol–water partition coefficient (Wildman–Crippen LogP) is 1.73. The van der Waals surface area contributed by atoms with Crippen molar-refractivity contribution >= 4 is 5.65 Å². The minimum Gasteiger partial charge on any atom is -0.377 e. The molecule has 2 aromatic rings. The van der Waals surface area contributed by atoms with Crippen LogP contribution in [0, 0.1) is 0 Å². The van der Waals surface area contributed by atoms with E-state index in [9.17, 15) is 0 Å². The zero-order valence-corrected chi connectivity index (χ0v) is 11.3. The molecule has 1 aliphatic heterocycles. The molecule has 1 fully saturated rings. The number of pyridine rings is 1. The maximum Gasteiger partial charge on any atom is 0.160 e. The molecule has 5 heteroatoms. The van der Waals surface area contributed by atoms with Gasteiger partial charge >= 0.3 is 0 Å². The number of ether oxygens (including phenoxy) is 1. The van der Waals surface area contributed by atoms with E-state index in [4.69, 9.17) is 4.74 Å². The average Bonchev–Trinajstić information content (AvgIpc) is 2.83. The highest BCUT2D eigenvalue weighted by atomic mass is 16.5. The number of rotatable bonds is 4. The maximum atomic E-state index is 5.77. The van der Waals surface area contributed by atoms with E-state index in [0.29, 0.717) is 6.10 Å². The first kappa shape index (κ1) is 12.6. The van der Waals surface area contributed by atoms with Crippen LogP contribution in [0.1, 0.15) is 25.1 Å². The van der Waals surface area contributed by atoms with Gasteiger partial charge < -0.3 is 4.74 Å². The first-order chi connectivity index (χ1) is 9.33. The Hall–Kier alpha value is -1.46. The summed E-state index contributed by atoms with van der Waals surface area (Å²) in [6, 6.07) is 5.96. The number of hydrogen-bond acceptors (Lipinski definition) is 4. The van der Waals surface area contributed by atoms with Crippen LogP contribution in [0.2, 0.25) is 0 Å². The second-order valence-electron chi connectivity index (χ2n) is 5.23. The number of fused-ring (bicyclic) bond motifs is 1. The highest BCUT2D eigenvalue weighted by Crippen LogP contribution is 2.14. The van der Waals surface area contributed by atoms with Gasteiger partial charge in [0.15, 0.2) is 11.5 Å². The lowest BCUT2D eigenvalue weighted by Crippen LogP contribution is -2.33. The van der Waals surface area contributed by atoms with E-state index in [1.54, 1.807) is 0 Å². The fraction of sp³-hybridized carbons (Fsp3) is 0.571. The lowest BCUT2D eigenvalue weighted by Gasteiger charge is -2.26. The first-order valence-electron chi connectivity index (χ1n) is 6.92. The van der Waals surface area contributed by atoms with Crippen LogP contribution >= 0.6 is 0 Å². The van der Waals surface area contributed by atoms with Crippen molar-refractivity contribution in [3.63, 3.8) is 0 Å². The monoisotopic (exact) mass is 260 g/mol. The van der Waals surface area contributed by atoms with Crippen molar-refractivity contribution in [1.82, 2.24) is 19.5 Å². The third-order valence-corrected chi connectivity index (χ3v) is 3.58. The van der Waals surface area contributed by atoms with E-state index in [2.05, 4.69) is 22.1 Å². The Morgan fingerprint density at radius 2 is 2.32 bits per heavy atom. The summed E-state index contributed by atoms with van der Waals surface area (Å²) in [5, 5.41) is 8.43. The van der Waals surface area contributed by atoms with Gasteiger partial charge in [0, 0.05) is 19.3 Å². The zero-order chi connectivity index (χ0) is 13.1. The molecule has 0 aromatic carbocycles. The minimum absolute atomic E-state index is 0.373. The quantitative estimate of drug-likeness (QED) is 0.839. The van der Waals surface area contributed by atoms with Crippen LogP contribution in [0.5, 0.6) is 0 Å². The molecule has 0 amide bonds. The molecular formula is C14H20N4O. The lowest BCUT2D eigenvalue weighted by molar-refractivity contribution is -0.00295. The standard InChI is InChI=1S/C14H20N4O/c1-17(10-12-6-3-5-9-19-12)11-14-16-15-13-7-2-4-8-18(13)14/h2,4,7-8,12H,3,5-6,9-11H2,1H3/t12-/m1/s1. The summed E-state index contributed by atoms with van der Waals surface area (Å²) in [4.78, 5) is 2.26. The molecule has 1 aliphatic rings. The normalized spacial score (nSPS) is 20.2. The van der Waals surface area contributed by atoms with Gasteiger partial charge in [-0.05, 0) is 38.4 Å². The molecule has 0 aliphatic carbocycles. The van der Waals surface area contributed by atoms with E-state index in [1.807, 2.05) is 28.8 Å². The van der Waals surface area contributed by atoms with E-state index in [-0.39, 0.29) is 0 Å². The molecule has 0 saturated carbocycles. The Morgan fingerprint density at radius 1 is 1.37 bits per heavy atom. The number of likely N-dealkylation sites (N-methyl/N-ethyl adjacent to an activating group) is 1.